The lowest BCUT2D eigenvalue weighted by atomic mass is 9.96. The second-order valence-electron chi connectivity index (χ2n) is 5.79. The molecule has 2 fully saturated rings. The highest BCUT2D eigenvalue weighted by atomic mass is 35.5. The van der Waals surface area contributed by atoms with Crippen molar-refractivity contribution >= 4 is 24.0 Å². The molecule has 6 heteroatoms. The van der Waals surface area contributed by atoms with Crippen molar-refractivity contribution in [3.63, 3.8) is 0 Å². The van der Waals surface area contributed by atoms with Gasteiger partial charge in [-0.25, -0.2) is 4.39 Å². The van der Waals surface area contributed by atoms with Gasteiger partial charge in [0.1, 0.15) is 5.82 Å². The van der Waals surface area contributed by atoms with Crippen LogP contribution in [-0.4, -0.2) is 50.1 Å². The predicted octanol–water partition coefficient (Wildman–Crippen LogP) is 1.90. The third kappa shape index (κ3) is 3.70. The molecule has 0 aliphatic carbocycles. The SMILES string of the molecule is Cl.O=C(C1CCNCC1)N1CCN(c2ccccc2F)CC1. The van der Waals surface area contributed by atoms with Gasteiger partial charge in [-0.05, 0) is 38.1 Å². The number of benzene rings is 1. The van der Waals surface area contributed by atoms with Crippen LogP contribution in [0.25, 0.3) is 0 Å². The molecule has 1 aromatic rings. The smallest absolute Gasteiger partial charge is 0.225 e. The number of carbonyl (C=O) groups excluding carboxylic acids is 1. The van der Waals surface area contributed by atoms with E-state index in [1.54, 1.807) is 12.1 Å². The Balaban J connectivity index is 0.00000176. The van der Waals surface area contributed by atoms with Gasteiger partial charge in [0, 0.05) is 32.1 Å². The highest BCUT2D eigenvalue weighted by molar-refractivity contribution is 5.85. The molecule has 2 aliphatic heterocycles. The number of piperazine rings is 1. The molecule has 1 amide bonds. The second-order valence-corrected chi connectivity index (χ2v) is 5.79. The van der Waals surface area contributed by atoms with Crippen LogP contribution in [0.1, 0.15) is 12.8 Å². The normalized spacial score (nSPS) is 19.7. The molecule has 2 saturated heterocycles. The van der Waals surface area contributed by atoms with Crippen LogP contribution < -0.4 is 10.2 Å². The number of amides is 1. The average molecular weight is 328 g/mol. The van der Waals surface area contributed by atoms with Crippen LogP contribution in [0, 0.1) is 11.7 Å². The molecular formula is C16H23ClFN3O. The van der Waals surface area contributed by atoms with Gasteiger partial charge in [0.25, 0.3) is 0 Å². The fourth-order valence-corrected chi connectivity index (χ4v) is 3.20. The number of carbonyl (C=O) groups is 1. The first-order valence-electron chi connectivity index (χ1n) is 7.74. The summed E-state index contributed by atoms with van der Waals surface area (Å²) < 4.78 is 13.8. The van der Waals surface area contributed by atoms with E-state index in [1.165, 1.54) is 6.07 Å². The topological polar surface area (TPSA) is 35.6 Å². The zero-order chi connectivity index (χ0) is 14.7. The van der Waals surface area contributed by atoms with E-state index in [4.69, 9.17) is 0 Å². The van der Waals surface area contributed by atoms with Crippen LogP contribution in [-0.2, 0) is 4.79 Å². The minimum Gasteiger partial charge on any atom is -0.366 e. The van der Waals surface area contributed by atoms with Gasteiger partial charge in [0.2, 0.25) is 5.91 Å². The summed E-state index contributed by atoms with van der Waals surface area (Å²) in [6.07, 6.45) is 1.87. The zero-order valence-electron chi connectivity index (χ0n) is 12.6. The minimum atomic E-state index is -0.185. The lowest BCUT2D eigenvalue weighted by Crippen LogP contribution is -2.51. The Kier molecular flexibility index (Phi) is 6.03. The zero-order valence-corrected chi connectivity index (χ0v) is 13.4. The Labute approximate surface area is 137 Å². The van der Waals surface area contributed by atoms with Crippen molar-refractivity contribution in [2.24, 2.45) is 5.92 Å². The molecular weight excluding hydrogens is 305 g/mol. The molecule has 2 heterocycles. The molecule has 0 bridgehead atoms. The van der Waals surface area contributed by atoms with Crippen LogP contribution in [0.15, 0.2) is 24.3 Å². The van der Waals surface area contributed by atoms with Crippen LogP contribution in [0.4, 0.5) is 10.1 Å². The highest BCUT2D eigenvalue weighted by Crippen LogP contribution is 2.22. The molecule has 122 valence electrons. The molecule has 2 aliphatic rings. The maximum Gasteiger partial charge on any atom is 0.225 e. The Morgan fingerprint density at radius 2 is 1.73 bits per heavy atom. The standard InChI is InChI=1S/C16H22FN3O.ClH/c17-14-3-1-2-4-15(14)19-9-11-20(12-10-19)16(21)13-5-7-18-8-6-13;/h1-4,13,18H,5-12H2;1H. The Bertz CT molecular complexity index is 500. The molecule has 0 unspecified atom stereocenters. The molecule has 0 spiro atoms. The van der Waals surface area contributed by atoms with E-state index in [9.17, 15) is 9.18 Å². The van der Waals surface area contributed by atoms with Gasteiger partial charge in [-0.15, -0.1) is 12.4 Å². The van der Waals surface area contributed by atoms with Crippen molar-refractivity contribution in [3.8, 4) is 0 Å². The first kappa shape index (κ1) is 17.0. The summed E-state index contributed by atoms with van der Waals surface area (Å²) in [6, 6.07) is 6.85. The third-order valence-electron chi connectivity index (χ3n) is 4.47. The van der Waals surface area contributed by atoms with Crippen molar-refractivity contribution in [2.75, 3.05) is 44.2 Å². The number of piperidine rings is 1. The molecule has 0 aromatic heterocycles. The summed E-state index contributed by atoms with van der Waals surface area (Å²) in [5.74, 6) is 0.270. The highest BCUT2D eigenvalue weighted by Gasteiger charge is 2.28. The number of halogens is 2. The number of para-hydroxylation sites is 1. The summed E-state index contributed by atoms with van der Waals surface area (Å²) in [6.45, 7) is 4.67. The lowest BCUT2D eigenvalue weighted by molar-refractivity contribution is -0.136. The number of nitrogens with one attached hydrogen (secondary N) is 1. The first-order valence-corrected chi connectivity index (χ1v) is 7.74. The quantitative estimate of drug-likeness (QED) is 0.901. The Morgan fingerprint density at radius 1 is 1.09 bits per heavy atom. The van der Waals surface area contributed by atoms with E-state index in [1.807, 2.05) is 15.9 Å². The van der Waals surface area contributed by atoms with Crippen LogP contribution in [0.5, 0.6) is 0 Å². The Morgan fingerprint density at radius 3 is 2.36 bits per heavy atom. The molecule has 4 nitrogen and oxygen atoms in total. The van der Waals surface area contributed by atoms with Crippen LogP contribution in [0.2, 0.25) is 0 Å². The van der Waals surface area contributed by atoms with Crippen molar-refractivity contribution in [2.45, 2.75) is 12.8 Å². The van der Waals surface area contributed by atoms with Gasteiger partial charge in [-0.1, -0.05) is 12.1 Å². The van der Waals surface area contributed by atoms with Gasteiger partial charge in [0.15, 0.2) is 0 Å². The van der Waals surface area contributed by atoms with E-state index in [2.05, 4.69) is 5.32 Å². The summed E-state index contributed by atoms with van der Waals surface area (Å²) in [5, 5.41) is 3.29. The monoisotopic (exact) mass is 327 g/mol. The van der Waals surface area contributed by atoms with E-state index in [0.717, 1.165) is 25.9 Å². The molecule has 0 atom stereocenters. The maximum absolute atomic E-state index is 13.8. The summed E-state index contributed by atoms with van der Waals surface area (Å²) >= 11 is 0. The van der Waals surface area contributed by atoms with Gasteiger partial charge in [0.05, 0.1) is 5.69 Å². The molecule has 22 heavy (non-hydrogen) atoms. The third-order valence-corrected chi connectivity index (χ3v) is 4.47. The largest absolute Gasteiger partial charge is 0.366 e. The second kappa shape index (κ2) is 7.79. The van der Waals surface area contributed by atoms with E-state index in [-0.39, 0.29) is 30.0 Å². The molecule has 0 radical (unpaired) electrons. The van der Waals surface area contributed by atoms with E-state index < -0.39 is 0 Å². The summed E-state index contributed by atoms with van der Waals surface area (Å²) in [5.41, 5.74) is 0.645. The average Bonchev–Trinajstić information content (AvgIpc) is 2.56. The van der Waals surface area contributed by atoms with Crippen molar-refractivity contribution in [3.05, 3.63) is 30.1 Å². The summed E-state index contributed by atoms with van der Waals surface area (Å²) in [4.78, 5) is 16.4. The number of hydrogen-bond acceptors (Lipinski definition) is 3. The molecule has 0 saturated carbocycles. The molecule has 3 rings (SSSR count). The van der Waals surface area contributed by atoms with E-state index >= 15 is 0 Å². The number of hydrogen-bond donors (Lipinski definition) is 1. The van der Waals surface area contributed by atoms with Crippen molar-refractivity contribution in [1.29, 1.82) is 0 Å². The van der Waals surface area contributed by atoms with Crippen LogP contribution in [0.3, 0.4) is 0 Å². The lowest BCUT2D eigenvalue weighted by Gasteiger charge is -2.38. The Hall–Kier alpha value is -1.33. The fourth-order valence-electron chi connectivity index (χ4n) is 3.20. The van der Waals surface area contributed by atoms with Gasteiger partial charge >= 0.3 is 0 Å². The van der Waals surface area contributed by atoms with Gasteiger partial charge < -0.3 is 15.1 Å². The maximum atomic E-state index is 13.8. The molecule has 1 N–H and O–H groups in total. The first-order chi connectivity index (χ1) is 10.3. The van der Waals surface area contributed by atoms with Crippen LogP contribution >= 0.6 is 12.4 Å². The summed E-state index contributed by atoms with van der Waals surface area (Å²) in [7, 11) is 0. The fraction of sp³-hybridized carbons (Fsp3) is 0.562. The minimum absolute atomic E-state index is 0. The molecule has 1 aromatic carbocycles. The predicted molar refractivity (Wildman–Crippen MR) is 88.0 cm³/mol. The number of anilines is 1. The number of nitrogens with zero attached hydrogens (tertiary/aromatic N) is 2. The van der Waals surface area contributed by atoms with Gasteiger partial charge in [-0.2, -0.15) is 0 Å². The van der Waals surface area contributed by atoms with Gasteiger partial charge in [-0.3, -0.25) is 4.79 Å². The van der Waals surface area contributed by atoms with E-state index in [0.29, 0.717) is 31.9 Å². The number of rotatable bonds is 2. The van der Waals surface area contributed by atoms with Crippen molar-refractivity contribution < 1.29 is 9.18 Å². The van der Waals surface area contributed by atoms with Crippen molar-refractivity contribution in [1.82, 2.24) is 10.2 Å².